The van der Waals surface area contributed by atoms with E-state index in [9.17, 15) is 18.0 Å². The Hall–Kier alpha value is -4.84. The highest BCUT2D eigenvalue weighted by Gasteiger charge is 2.29. The van der Waals surface area contributed by atoms with Crippen molar-refractivity contribution in [3.63, 3.8) is 0 Å². The van der Waals surface area contributed by atoms with Gasteiger partial charge in [-0.05, 0) is 55.5 Å². The fourth-order valence-electron chi connectivity index (χ4n) is 5.29. The number of piperidine rings is 1. The topological polar surface area (TPSA) is 139 Å². The number of benzene rings is 2. The SMILES string of the molecule is CCS(=O)(=O)NC(=O)c1cnn2c(Nc3cccc4ncccc34)c(C(=O)N3CCC(c4ccccc4)CC3)cnc12. The molecule has 2 amide bonds. The quantitative estimate of drug-likeness (QED) is 0.292. The smallest absolute Gasteiger partial charge is 0.270 e. The van der Waals surface area contributed by atoms with E-state index in [-0.39, 0.29) is 28.4 Å². The second-order valence-corrected chi connectivity index (χ2v) is 12.1. The molecule has 0 atom stereocenters. The van der Waals surface area contributed by atoms with Gasteiger partial charge < -0.3 is 10.2 Å². The van der Waals surface area contributed by atoms with E-state index in [0.29, 0.717) is 30.5 Å². The third-order valence-electron chi connectivity index (χ3n) is 7.58. The van der Waals surface area contributed by atoms with Gasteiger partial charge in [0.2, 0.25) is 10.0 Å². The molecule has 1 aliphatic heterocycles. The minimum Gasteiger partial charge on any atom is -0.339 e. The molecule has 5 aromatic rings. The Morgan fingerprint density at radius 3 is 2.48 bits per heavy atom. The predicted octanol–water partition coefficient (Wildman–Crippen LogP) is 4.12. The summed E-state index contributed by atoms with van der Waals surface area (Å²) in [5.74, 6) is -0.631. The lowest BCUT2D eigenvalue weighted by Gasteiger charge is -2.32. The number of anilines is 2. The van der Waals surface area contributed by atoms with Crippen LogP contribution in [0.2, 0.25) is 0 Å². The third kappa shape index (κ3) is 5.28. The Labute approximate surface area is 242 Å². The highest BCUT2D eigenvalue weighted by atomic mass is 32.2. The van der Waals surface area contributed by atoms with Crippen molar-refractivity contribution in [1.29, 1.82) is 0 Å². The molecule has 214 valence electrons. The molecule has 0 saturated carbocycles. The van der Waals surface area contributed by atoms with Crippen LogP contribution in [0, 0.1) is 0 Å². The Morgan fingerprint density at radius 2 is 1.71 bits per heavy atom. The van der Waals surface area contributed by atoms with E-state index >= 15 is 0 Å². The number of amides is 2. The van der Waals surface area contributed by atoms with Crippen LogP contribution in [0.1, 0.15) is 52.0 Å². The maximum Gasteiger partial charge on any atom is 0.270 e. The van der Waals surface area contributed by atoms with Gasteiger partial charge in [0.25, 0.3) is 11.8 Å². The number of rotatable bonds is 7. The van der Waals surface area contributed by atoms with Gasteiger partial charge in [0.1, 0.15) is 16.9 Å². The first-order valence-electron chi connectivity index (χ1n) is 13.7. The van der Waals surface area contributed by atoms with Crippen LogP contribution in [0.15, 0.2) is 79.3 Å². The summed E-state index contributed by atoms with van der Waals surface area (Å²) in [6.07, 6.45) is 6.04. The number of pyridine rings is 1. The summed E-state index contributed by atoms with van der Waals surface area (Å²) in [6.45, 7) is 2.59. The molecule has 11 nitrogen and oxygen atoms in total. The molecule has 4 heterocycles. The van der Waals surface area contributed by atoms with Gasteiger partial charge >= 0.3 is 0 Å². The average Bonchev–Trinajstić information content (AvgIpc) is 3.46. The number of hydrogen-bond donors (Lipinski definition) is 2. The van der Waals surface area contributed by atoms with Crippen LogP contribution in [0.4, 0.5) is 11.5 Å². The van der Waals surface area contributed by atoms with Crippen molar-refractivity contribution >= 4 is 49.9 Å². The molecule has 0 bridgehead atoms. The molecule has 42 heavy (non-hydrogen) atoms. The summed E-state index contributed by atoms with van der Waals surface area (Å²) in [5.41, 5.74) is 3.06. The van der Waals surface area contributed by atoms with Gasteiger partial charge in [-0.3, -0.25) is 14.6 Å². The third-order valence-corrected chi connectivity index (χ3v) is 8.84. The molecule has 0 spiro atoms. The van der Waals surface area contributed by atoms with E-state index in [2.05, 4.69) is 32.5 Å². The number of nitrogens with one attached hydrogen (secondary N) is 2. The lowest BCUT2D eigenvalue weighted by molar-refractivity contribution is 0.0713. The van der Waals surface area contributed by atoms with Gasteiger partial charge in [0.15, 0.2) is 5.65 Å². The minimum absolute atomic E-state index is 0.0302. The molecule has 6 rings (SSSR count). The second kappa shape index (κ2) is 11.2. The van der Waals surface area contributed by atoms with Crippen molar-refractivity contribution in [2.75, 3.05) is 24.2 Å². The number of likely N-dealkylation sites (tertiary alicyclic amines) is 1. The van der Waals surface area contributed by atoms with Crippen LogP contribution in [0.5, 0.6) is 0 Å². The Morgan fingerprint density at radius 1 is 0.929 bits per heavy atom. The molecule has 3 aromatic heterocycles. The zero-order chi connectivity index (χ0) is 29.3. The van der Waals surface area contributed by atoms with Crippen LogP contribution in [-0.2, 0) is 10.0 Å². The zero-order valence-electron chi connectivity index (χ0n) is 22.9. The summed E-state index contributed by atoms with van der Waals surface area (Å²) < 4.78 is 27.5. The summed E-state index contributed by atoms with van der Waals surface area (Å²) in [7, 11) is -3.80. The Kier molecular flexibility index (Phi) is 7.29. The van der Waals surface area contributed by atoms with Gasteiger partial charge in [-0.1, -0.05) is 36.4 Å². The Balaban J connectivity index is 1.38. The maximum atomic E-state index is 14.0. The number of fused-ring (bicyclic) bond motifs is 2. The van der Waals surface area contributed by atoms with Crippen molar-refractivity contribution < 1.29 is 18.0 Å². The molecule has 1 fully saturated rings. The first kappa shape index (κ1) is 27.3. The molecular formula is C30H29N7O4S. The fourth-order valence-corrected chi connectivity index (χ4v) is 5.82. The van der Waals surface area contributed by atoms with Gasteiger partial charge in [0.05, 0.1) is 17.5 Å². The number of sulfonamides is 1. The molecule has 1 saturated heterocycles. The molecule has 0 unspecified atom stereocenters. The van der Waals surface area contributed by atoms with Crippen molar-refractivity contribution in [2.45, 2.75) is 25.7 Å². The molecule has 0 aliphatic carbocycles. The molecule has 2 aromatic carbocycles. The van der Waals surface area contributed by atoms with E-state index in [0.717, 1.165) is 23.7 Å². The monoisotopic (exact) mass is 583 g/mol. The number of aromatic nitrogens is 4. The van der Waals surface area contributed by atoms with Crippen LogP contribution < -0.4 is 10.0 Å². The minimum atomic E-state index is -3.80. The molecule has 1 aliphatic rings. The summed E-state index contributed by atoms with van der Waals surface area (Å²) >= 11 is 0. The average molecular weight is 584 g/mol. The molecule has 0 radical (unpaired) electrons. The van der Waals surface area contributed by atoms with E-state index < -0.39 is 15.9 Å². The van der Waals surface area contributed by atoms with E-state index in [1.807, 2.05) is 58.2 Å². The van der Waals surface area contributed by atoms with Crippen LogP contribution in [0.3, 0.4) is 0 Å². The molecule has 2 N–H and O–H groups in total. The van der Waals surface area contributed by atoms with Crippen LogP contribution >= 0.6 is 0 Å². The van der Waals surface area contributed by atoms with Crippen molar-refractivity contribution in [1.82, 2.24) is 29.2 Å². The van der Waals surface area contributed by atoms with Gasteiger partial charge in [-0.2, -0.15) is 9.61 Å². The number of hydrogen-bond acceptors (Lipinski definition) is 8. The van der Waals surface area contributed by atoms with Crippen molar-refractivity contribution in [3.8, 4) is 0 Å². The van der Waals surface area contributed by atoms with E-state index in [1.165, 1.54) is 29.4 Å². The number of carbonyl (C=O) groups excluding carboxylic acids is 2. The summed E-state index contributed by atoms with van der Waals surface area (Å²) in [6, 6.07) is 19.6. The van der Waals surface area contributed by atoms with Gasteiger partial charge in [-0.15, -0.1) is 0 Å². The van der Waals surface area contributed by atoms with Gasteiger partial charge in [0, 0.05) is 36.6 Å². The maximum absolute atomic E-state index is 14.0. The first-order chi connectivity index (χ1) is 20.3. The highest BCUT2D eigenvalue weighted by molar-refractivity contribution is 7.90. The normalized spacial score (nSPS) is 14.3. The van der Waals surface area contributed by atoms with Crippen molar-refractivity contribution in [3.05, 3.63) is 95.9 Å². The number of carbonyl (C=O) groups is 2. The lowest BCUT2D eigenvalue weighted by Crippen LogP contribution is -2.38. The second-order valence-electron chi connectivity index (χ2n) is 10.1. The molecular weight excluding hydrogens is 554 g/mol. The van der Waals surface area contributed by atoms with Crippen LogP contribution in [-0.4, -0.2) is 63.6 Å². The summed E-state index contributed by atoms with van der Waals surface area (Å²) in [4.78, 5) is 37.5. The number of nitrogens with zero attached hydrogens (tertiary/aromatic N) is 5. The van der Waals surface area contributed by atoms with Crippen LogP contribution in [0.25, 0.3) is 16.6 Å². The molecule has 12 heteroatoms. The Bertz CT molecular complexity index is 1890. The first-order valence-corrected chi connectivity index (χ1v) is 15.4. The van der Waals surface area contributed by atoms with E-state index in [4.69, 9.17) is 0 Å². The zero-order valence-corrected chi connectivity index (χ0v) is 23.7. The summed E-state index contributed by atoms with van der Waals surface area (Å²) in [5, 5.41) is 8.53. The van der Waals surface area contributed by atoms with E-state index in [1.54, 1.807) is 6.20 Å². The standard InChI is InChI=1S/C30H29N7O4S/c1-2-42(40,41)35-29(38)23-19-33-37-27(23)32-18-24(28(37)34-26-12-6-11-25-22(26)10-7-15-31-25)30(39)36-16-13-21(14-17-36)20-8-4-3-5-9-20/h3-12,15,18-19,21,34H,2,13-14,16-17H2,1H3,(H,35,38). The highest BCUT2D eigenvalue weighted by Crippen LogP contribution is 2.32. The van der Waals surface area contributed by atoms with Crippen molar-refractivity contribution in [2.24, 2.45) is 0 Å². The fraction of sp³-hybridized carbons (Fsp3) is 0.233. The lowest BCUT2D eigenvalue weighted by atomic mass is 9.89. The largest absolute Gasteiger partial charge is 0.339 e. The van der Waals surface area contributed by atoms with Gasteiger partial charge in [-0.25, -0.2) is 18.1 Å². The predicted molar refractivity (Wildman–Crippen MR) is 159 cm³/mol.